The maximum absolute atomic E-state index is 12.1. The molecule has 1 aromatic rings. The number of carbonyl (C=O) groups is 1. The van der Waals surface area contributed by atoms with Gasteiger partial charge in [0.05, 0.1) is 11.0 Å². The van der Waals surface area contributed by atoms with Crippen molar-refractivity contribution in [1.82, 2.24) is 9.62 Å². The van der Waals surface area contributed by atoms with Gasteiger partial charge in [0, 0.05) is 26.1 Å². The molecule has 0 atom stereocenters. The molecule has 10 heteroatoms. The number of alkyl halides is 3. The highest BCUT2D eigenvalue weighted by Crippen LogP contribution is 2.19. The molecule has 0 spiro atoms. The van der Waals surface area contributed by atoms with E-state index >= 15 is 0 Å². The molecule has 1 amide bonds. The first-order valence-corrected chi connectivity index (χ1v) is 9.07. The van der Waals surface area contributed by atoms with E-state index in [9.17, 15) is 26.4 Å². The normalized spacial score (nSPS) is 15.9. The van der Waals surface area contributed by atoms with E-state index in [0.717, 1.165) is 5.56 Å². The Morgan fingerprint density at radius 3 is 2.64 bits per heavy atom. The van der Waals surface area contributed by atoms with Crippen LogP contribution in [0, 0.1) is 6.92 Å². The van der Waals surface area contributed by atoms with Gasteiger partial charge in [-0.15, -0.1) is 0 Å². The van der Waals surface area contributed by atoms with Crippen LogP contribution in [0.4, 0.5) is 13.2 Å². The number of amides is 1. The number of nitrogens with zero attached hydrogens (tertiary/aromatic N) is 1. The molecule has 0 aliphatic carbocycles. The number of aryl methyl sites for hydroxylation is 1. The van der Waals surface area contributed by atoms with Gasteiger partial charge in [-0.3, -0.25) is 4.79 Å². The molecule has 0 saturated carbocycles. The summed E-state index contributed by atoms with van der Waals surface area (Å²) in [6, 6.07) is 6.36. The predicted octanol–water partition coefficient (Wildman–Crippen LogP) is 1.45. The van der Waals surface area contributed by atoms with Gasteiger partial charge >= 0.3 is 6.18 Å². The smallest absolute Gasteiger partial charge is 0.365 e. The van der Waals surface area contributed by atoms with Gasteiger partial charge in [-0.2, -0.15) is 13.2 Å². The van der Waals surface area contributed by atoms with Crippen molar-refractivity contribution >= 4 is 15.9 Å². The summed E-state index contributed by atoms with van der Waals surface area (Å²) in [7, 11) is -3.70. The van der Waals surface area contributed by atoms with Gasteiger partial charge in [0.25, 0.3) is 0 Å². The molecule has 0 aromatic heterocycles. The summed E-state index contributed by atoms with van der Waals surface area (Å²) in [6.45, 7) is 0.512. The summed E-state index contributed by atoms with van der Waals surface area (Å²) >= 11 is 0. The van der Waals surface area contributed by atoms with Crippen LogP contribution in [0.5, 0.6) is 0 Å². The minimum atomic E-state index is -4.39. The first-order valence-electron chi connectivity index (χ1n) is 7.59. The minimum Gasteiger partial charge on any atom is -0.365 e. The fourth-order valence-corrected chi connectivity index (χ4v) is 3.41. The topological polar surface area (TPSA) is 75.7 Å². The Hall–Kier alpha value is -1.65. The lowest BCUT2D eigenvalue weighted by Gasteiger charge is -2.39. The molecule has 1 heterocycles. The minimum absolute atomic E-state index is 0.0724. The average Bonchev–Trinajstić information content (AvgIpc) is 2.44. The number of halogens is 3. The summed E-state index contributed by atoms with van der Waals surface area (Å²) in [6.07, 6.45) is -5.09. The molecule has 0 unspecified atom stereocenters. The average molecular weight is 380 g/mol. The van der Waals surface area contributed by atoms with E-state index in [1.165, 1.54) is 17.0 Å². The molecule has 1 saturated heterocycles. The van der Waals surface area contributed by atoms with Crippen LogP contribution in [0.2, 0.25) is 0 Å². The molecule has 1 aliphatic rings. The van der Waals surface area contributed by atoms with Gasteiger partial charge in [-0.05, 0) is 24.6 Å². The maximum atomic E-state index is 12.1. The van der Waals surface area contributed by atoms with Gasteiger partial charge in [0.15, 0.2) is 0 Å². The zero-order chi connectivity index (χ0) is 18.7. The van der Waals surface area contributed by atoms with Crippen LogP contribution < -0.4 is 4.72 Å². The lowest BCUT2D eigenvalue weighted by atomic mass is 10.1. The lowest BCUT2D eigenvalue weighted by molar-refractivity contribution is -0.200. The highest BCUT2D eigenvalue weighted by atomic mass is 32.2. The molecule has 6 nitrogen and oxygen atoms in total. The Labute approximate surface area is 144 Å². The Balaban J connectivity index is 1.71. The van der Waals surface area contributed by atoms with Crippen LogP contribution in [-0.4, -0.2) is 57.7 Å². The fraction of sp³-hybridized carbons (Fsp3) is 0.533. The van der Waals surface area contributed by atoms with Crippen LogP contribution in [0.3, 0.4) is 0 Å². The quantitative estimate of drug-likeness (QED) is 0.777. The zero-order valence-electron chi connectivity index (χ0n) is 13.5. The lowest BCUT2D eigenvalue weighted by Crippen LogP contribution is -2.55. The molecule has 1 fully saturated rings. The van der Waals surface area contributed by atoms with Crippen LogP contribution in [0.15, 0.2) is 29.2 Å². The number of sulfonamides is 1. The molecule has 140 valence electrons. The number of rotatable bonds is 7. The highest BCUT2D eigenvalue weighted by molar-refractivity contribution is 7.89. The number of hydrogen-bond donors (Lipinski definition) is 1. The van der Waals surface area contributed by atoms with Gasteiger partial charge in [0.1, 0.15) is 6.61 Å². The van der Waals surface area contributed by atoms with Crippen molar-refractivity contribution in [3.63, 3.8) is 0 Å². The Kier molecular flexibility index (Phi) is 6.07. The first kappa shape index (κ1) is 19.7. The van der Waals surface area contributed by atoms with Crippen molar-refractivity contribution in [3.05, 3.63) is 29.8 Å². The van der Waals surface area contributed by atoms with Crippen molar-refractivity contribution in [2.75, 3.05) is 26.2 Å². The molecule has 0 radical (unpaired) electrons. The number of carbonyl (C=O) groups excluding carboxylic acids is 1. The second kappa shape index (κ2) is 7.71. The molecule has 1 N–H and O–H groups in total. The second-order valence-electron chi connectivity index (χ2n) is 5.81. The molecule has 1 aliphatic heterocycles. The number of likely N-dealkylation sites (tertiary alicyclic amines) is 1. The third kappa shape index (κ3) is 5.98. The standard InChI is InChI=1S/C15H19F3N2O4S/c1-11-3-2-4-13(7-11)25(22,23)19-6-5-14(21)20-8-12(9-20)24-10-15(16,17)18/h2-4,7,12,19H,5-6,8-10H2,1H3. The van der Waals surface area contributed by atoms with Gasteiger partial charge in [-0.25, -0.2) is 13.1 Å². The number of ether oxygens (including phenoxy) is 1. The van der Waals surface area contributed by atoms with E-state index in [0.29, 0.717) is 0 Å². The van der Waals surface area contributed by atoms with E-state index in [1.54, 1.807) is 19.1 Å². The van der Waals surface area contributed by atoms with Crippen molar-refractivity contribution in [2.24, 2.45) is 0 Å². The molecule has 1 aromatic carbocycles. The third-order valence-corrected chi connectivity index (χ3v) is 5.07. The van der Waals surface area contributed by atoms with E-state index < -0.39 is 28.9 Å². The summed E-state index contributed by atoms with van der Waals surface area (Å²) in [5.74, 6) is -0.334. The Morgan fingerprint density at radius 1 is 1.36 bits per heavy atom. The summed E-state index contributed by atoms with van der Waals surface area (Å²) in [5.41, 5.74) is 0.796. The van der Waals surface area contributed by atoms with Crippen LogP contribution in [0.25, 0.3) is 0 Å². The first-order chi connectivity index (χ1) is 11.6. The molecule has 25 heavy (non-hydrogen) atoms. The maximum Gasteiger partial charge on any atom is 0.411 e. The van der Waals surface area contributed by atoms with E-state index in [1.807, 2.05) is 0 Å². The monoisotopic (exact) mass is 380 g/mol. The fourth-order valence-electron chi connectivity index (χ4n) is 2.28. The number of benzene rings is 1. The highest BCUT2D eigenvalue weighted by Gasteiger charge is 2.35. The SMILES string of the molecule is Cc1cccc(S(=O)(=O)NCCC(=O)N2CC(OCC(F)(F)F)C2)c1. The molecular formula is C15H19F3N2O4S. The Bertz CT molecular complexity index is 716. The van der Waals surface area contributed by atoms with E-state index in [4.69, 9.17) is 0 Å². The van der Waals surface area contributed by atoms with Crippen molar-refractivity contribution in [2.45, 2.75) is 30.5 Å². The largest absolute Gasteiger partial charge is 0.411 e. The van der Waals surface area contributed by atoms with Crippen molar-refractivity contribution < 1.29 is 31.1 Å². The van der Waals surface area contributed by atoms with Gasteiger partial charge in [0.2, 0.25) is 15.9 Å². The summed E-state index contributed by atoms with van der Waals surface area (Å²) in [4.78, 5) is 13.3. The second-order valence-corrected chi connectivity index (χ2v) is 7.58. The van der Waals surface area contributed by atoms with Crippen molar-refractivity contribution in [3.8, 4) is 0 Å². The van der Waals surface area contributed by atoms with Gasteiger partial charge in [-0.1, -0.05) is 12.1 Å². The Morgan fingerprint density at radius 2 is 2.04 bits per heavy atom. The van der Waals surface area contributed by atoms with Crippen LogP contribution >= 0.6 is 0 Å². The third-order valence-electron chi connectivity index (χ3n) is 3.61. The van der Waals surface area contributed by atoms with E-state index in [2.05, 4.69) is 9.46 Å². The number of hydrogen-bond acceptors (Lipinski definition) is 4. The summed E-state index contributed by atoms with van der Waals surface area (Å²) in [5, 5.41) is 0. The van der Waals surface area contributed by atoms with Gasteiger partial charge < -0.3 is 9.64 Å². The molecular weight excluding hydrogens is 361 g/mol. The van der Waals surface area contributed by atoms with Crippen LogP contribution in [-0.2, 0) is 19.6 Å². The van der Waals surface area contributed by atoms with E-state index in [-0.39, 0.29) is 36.9 Å². The zero-order valence-corrected chi connectivity index (χ0v) is 14.4. The summed E-state index contributed by atoms with van der Waals surface area (Å²) < 4.78 is 67.1. The molecule has 0 bridgehead atoms. The molecule has 2 rings (SSSR count). The van der Waals surface area contributed by atoms with Crippen LogP contribution in [0.1, 0.15) is 12.0 Å². The number of nitrogens with one attached hydrogen (secondary N) is 1. The van der Waals surface area contributed by atoms with Crippen molar-refractivity contribution in [1.29, 1.82) is 0 Å². The predicted molar refractivity (Wildman–Crippen MR) is 83.4 cm³/mol.